The number of unbranched alkanes of at least 4 members (excludes halogenated alkanes) is 1. The molecule has 10 N–H and O–H groups in total. The number of carbonyl (C=O) groups is 4. The zero-order chi connectivity index (χ0) is 44.9. The van der Waals surface area contributed by atoms with Crippen molar-refractivity contribution in [3.8, 4) is 0 Å². The third kappa shape index (κ3) is 69.9. The number of aryl methyl sites for hydroxylation is 1. The molecule has 0 heterocycles. The van der Waals surface area contributed by atoms with E-state index in [1.54, 1.807) is 0 Å². The van der Waals surface area contributed by atoms with Gasteiger partial charge in [0.15, 0.2) is 5.96 Å². The Balaban J connectivity index is -0.000000342. The molecule has 19 nitrogen and oxygen atoms in total. The van der Waals surface area contributed by atoms with Gasteiger partial charge in [0.05, 0.1) is 66.1 Å². The van der Waals surface area contributed by atoms with Gasteiger partial charge in [-0.2, -0.15) is 0 Å². The van der Waals surface area contributed by atoms with Gasteiger partial charge in [-0.05, 0) is 19.8 Å². The number of aliphatic imine (C=N–C) groups is 1. The molecule has 0 atom stereocenters. The average Bonchev–Trinajstić information content (AvgIpc) is 3.20. The number of ether oxygens (including phenoxy) is 6. The molecule has 1 aromatic rings. The van der Waals surface area contributed by atoms with Crippen molar-refractivity contribution < 1.29 is 57.5 Å². The summed E-state index contributed by atoms with van der Waals surface area (Å²) in [6.45, 7) is 21.0. The first kappa shape index (κ1) is 63.2. The fourth-order valence-electron chi connectivity index (χ4n) is 3.15. The summed E-state index contributed by atoms with van der Waals surface area (Å²) < 4.78 is 31.8. The van der Waals surface area contributed by atoms with Gasteiger partial charge in [0, 0.05) is 33.1 Å². The SMILES string of the molecule is CC.CC.CC(=O)O.CCCCNC(=O)COCC(=O)NCCOCCOCCOCCOCCOCCNC(=O)CON.CCCN=C(N)N.Cc1ccccc1. The number of guanidine groups is 1. The molecule has 19 heteroatoms. The highest BCUT2D eigenvalue weighted by atomic mass is 16.6. The molecule has 0 fully saturated rings. The summed E-state index contributed by atoms with van der Waals surface area (Å²) in [5.74, 6) is 3.31. The Hall–Kier alpha value is -3.95. The molecular weight excluding hydrogens is 758 g/mol. The van der Waals surface area contributed by atoms with Crippen LogP contribution in [0.2, 0.25) is 0 Å². The number of hydrogen-bond donors (Lipinski definition) is 7. The van der Waals surface area contributed by atoms with Crippen molar-refractivity contribution in [3.63, 3.8) is 0 Å². The highest BCUT2D eigenvalue weighted by Gasteiger charge is 2.04. The van der Waals surface area contributed by atoms with Crippen LogP contribution in [-0.2, 0) is 52.4 Å². The molecule has 0 unspecified atom stereocenters. The summed E-state index contributed by atoms with van der Waals surface area (Å²) in [4.78, 5) is 51.0. The van der Waals surface area contributed by atoms with E-state index in [4.69, 9.17) is 55.7 Å². The summed E-state index contributed by atoms with van der Waals surface area (Å²) >= 11 is 0. The largest absolute Gasteiger partial charge is 0.481 e. The van der Waals surface area contributed by atoms with Gasteiger partial charge in [-0.3, -0.25) is 29.0 Å². The first-order valence-electron chi connectivity index (χ1n) is 19.8. The second-order valence-electron chi connectivity index (χ2n) is 10.7. The fourth-order valence-corrected chi connectivity index (χ4v) is 3.15. The number of nitrogens with one attached hydrogen (secondary N) is 3. The molecule has 1 rings (SSSR count). The van der Waals surface area contributed by atoms with Crippen molar-refractivity contribution in [1.82, 2.24) is 16.0 Å². The third-order valence-corrected chi connectivity index (χ3v) is 5.62. The predicted octanol–water partition coefficient (Wildman–Crippen LogP) is 1.93. The Kier molecular flexibility index (Phi) is 62.5. The molecule has 0 saturated heterocycles. The van der Waals surface area contributed by atoms with Crippen LogP contribution in [-0.4, -0.2) is 147 Å². The van der Waals surface area contributed by atoms with Gasteiger partial charge in [0.1, 0.15) is 19.8 Å². The van der Waals surface area contributed by atoms with Crippen molar-refractivity contribution >= 4 is 29.7 Å². The third-order valence-electron chi connectivity index (χ3n) is 5.62. The summed E-state index contributed by atoms with van der Waals surface area (Å²) in [5, 5.41) is 15.3. The number of nitrogens with two attached hydrogens (primary N) is 3. The maximum Gasteiger partial charge on any atom is 0.300 e. The van der Waals surface area contributed by atoms with Crippen LogP contribution in [0.15, 0.2) is 35.3 Å². The number of rotatable bonds is 29. The summed E-state index contributed by atoms with van der Waals surface area (Å²) in [7, 11) is 0. The second kappa shape index (κ2) is 57.4. The van der Waals surface area contributed by atoms with Crippen molar-refractivity contribution in [2.75, 3.05) is 112 Å². The van der Waals surface area contributed by atoms with Crippen LogP contribution in [0.3, 0.4) is 0 Å². The van der Waals surface area contributed by atoms with Crippen LogP contribution < -0.4 is 33.3 Å². The number of carbonyl (C=O) groups excluding carboxylic acids is 3. The van der Waals surface area contributed by atoms with Gasteiger partial charge in [0.25, 0.3) is 5.97 Å². The van der Waals surface area contributed by atoms with E-state index in [-0.39, 0.29) is 43.5 Å². The first-order valence-corrected chi connectivity index (χ1v) is 19.8. The Morgan fingerprint density at radius 2 is 0.966 bits per heavy atom. The number of amides is 3. The molecular formula is C39H79N7O12. The number of carboxylic acids is 1. The molecule has 0 aliphatic carbocycles. The van der Waals surface area contributed by atoms with Gasteiger partial charge in [0.2, 0.25) is 17.7 Å². The average molecular weight is 838 g/mol. The number of benzene rings is 1. The first-order chi connectivity index (χ1) is 28.0. The molecule has 0 aliphatic heterocycles. The molecule has 342 valence electrons. The van der Waals surface area contributed by atoms with Gasteiger partial charge in [-0.15, -0.1) is 0 Å². The van der Waals surface area contributed by atoms with Crippen LogP contribution in [0.25, 0.3) is 0 Å². The van der Waals surface area contributed by atoms with E-state index in [0.717, 1.165) is 32.7 Å². The zero-order valence-corrected chi connectivity index (χ0v) is 36.6. The van der Waals surface area contributed by atoms with Crippen molar-refractivity contribution in [1.29, 1.82) is 0 Å². The van der Waals surface area contributed by atoms with E-state index in [0.29, 0.717) is 85.7 Å². The standard InChI is InChI=1S/C22H44N4O10.C7H8.C4H11N3.C2H4O2.2C2H6/c1-2-3-4-24-20(27)17-35-18-21(28)25-5-7-30-9-11-32-13-15-34-16-14-33-12-10-31-8-6-26-22(29)19-36-23;1-7-5-3-2-4-6-7;1-2-3-7-4(5)6;1-2(3)4;2*1-2/h2-19,23H2,1H3,(H,24,27)(H,25,28)(H,26,29);2-6H,1H3;2-3H2,1H3,(H4,5,6,7);1H3,(H,3,4);2*1-2H3. The minimum absolute atomic E-state index is 0.132. The molecule has 0 saturated carbocycles. The van der Waals surface area contributed by atoms with Crippen LogP contribution in [0.5, 0.6) is 0 Å². The number of hydrogen-bond acceptors (Lipinski definition) is 13. The zero-order valence-electron chi connectivity index (χ0n) is 36.6. The molecule has 1 aromatic carbocycles. The monoisotopic (exact) mass is 838 g/mol. The Bertz CT molecular complexity index is 1040. The van der Waals surface area contributed by atoms with E-state index >= 15 is 0 Å². The molecule has 0 aliphatic rings. The van der Waals surface area contributed by atoms with Crippen LogP contribution in [0.4, 0.5) is 0 Å². The quantitative estimate of drug-likeness (QED) is 0.0263. The number of carboxylic acid groups (broad SMARTS) is 1. The number of nitrogens with zero attached hydrogens (tertiary/aromatic N) is 1. The molecule has 0 bridgehead atoms. The van der Waals surface area contributed by atoms with Crippen LogP contribution in [0.1, 0.15) is 73.3 Å². The molecule has 0 radical (unpaired) electrons. The smallest absolute Gasteiger partial charge is 0.300 e. The lowest BCUT2D eigenvalue weighted by Gasteiger charge is -2.09. The van der Waals surface area contributed by atoms with E-state index in [1.807, 2.05) is 59.7 Å². The second-order valence-corrected chi connectivity index (χ2v) is 10.7. The van der Waals surface area contributed by atoms with E-state index in [9.17, 15) is 14.4 Å². The van der Waals surface area contributed by atoms with Gasteiger partial charge in [-0.25, -0.2) is 5.90 Å². The Labute approximate surface area is 347 Å². The van der Waals surface area contributed by atoms with E-state index in [1.165, 1.54) is 5.56 Å². The van der Waals surface area contributed by atoms with Crippen molar-refractivity contribution in [3.05, 3.63) is 35.9 Å². The molecule has 0 spiro atoms. The lowest BCUT2D eigenvalue weighted by Crippen LogP contribution is -2.33. The molecule has 3 amide bonds. The summed E-state index contributed by atoms with van der Waals surface area (Å²) in [5.41, 5.74) is 11.3. The lowest BCUT2D eigenvalue weighted by molar-refractivity contribution is -0.134. The van der Waals surface area contributed by atoms with Crippen LogP contribution in [0, 0.1) is 6.92 Å². The van der Waals surface area contributed by atoms with Gasteiger partial charge < -0.3 is 60.9 Å². The Morgan fingerprint density at radius 3 is 1.26 bits per heavy atom. The van der Waals surface area contributed by atoms with Gasteiger partial charge >= 0.3 is 0 Å². The van der Waals surface area contributed by atoms with Crippen LogP contribution >= 0.6 is 0 Å². The van der Waals surface area contributed by atoms with Crippen molar-refractivity contribution in [2.24, 2.45) is 22.4 Å². The highest BCUT2D eigenvalue weighted by molar-refractivity contribution is 5.79. The van der Waals surface area contributed by atoms with E-state index in [2.05, 4.69) is 44.8 Å². The fraction of sp³-hybridized carbons (Fsp3) is 0.718. The topological polar surface area (TPSA) is 280 Å². The number of aliphatic carboxylic acids is 1. The van der Waals surface area contributed by atoms with Crippen molar-refractivity contribution in [2.45, 2.75) is 74.7 Å². The molecule has 58 heavy (non-hydrogen) atoms. The maximum absolute atomic E-state index is 11.6. The van der Waals surface area contributed by atoms with E-state index < -0.39 is 5.97 Å². The summed E-state index contributed by atoms with van der Waals surface area (Å²) in [6, 6.07) is 10.3. The maximum atomic E-state index is 11.6. The molecule has 0 aromatic heterocycles. The van der Waals surface area contributed by atoms with Gasteiger partial charge in [-0.1, -0.05) is 83.9 Å². The highest BCUT2D eigenvalue weighted by Crippen LogP contribution is 1.92. The lowest BCUT2D eigenvalue weighted by atomic mass is 10.2. The Morgan fingerprint density at radius 1 is 0.603 bits per heavy atom. The normalized spacial score (nSPS) is 9.40. The minimum Gasteiger partial charge on any atom is -0.481 e. The summed E-state index contributed by atoms with van der Waals surface area (Å²) in [6.07, 6.45) is 2.91. The minimum atomic E-state index is -0.833. The predicted molar refractivity (Wildman–Crippen MR) is 227 cm³/mol.